The molecule has 0 aliphatic carbocycles. The van der Waals surface area contributed by atoms with Gasteiger partial charge in [0.25, 0.3) is 0 Å². The fourth-order valence-corrected chi connectivity index (χ4v) is 2.05. The van der Waals surface area contributed by atoms with Crippen molar-refractivity contribution in [2.75, 3.05) is 13.7 Å². The summed E-state index contributed by atoms with van der Waals surface area (Å²) in [5.41, 5.74) is 2.32. The van der Waals surface area contributed by atoms with Crippen LogP contribution in [0.5, 0.6) is 0 Å². The van der Waals surface area contributed by atoms with E-state index in [-0.39, 0.29) is 17.9 Å². The standard InChI is InChI=1S/C16H25NO3/c1-12(2)16(18)17(14(4)11-20-19-5)10-15-8-6-7-13(3)9-15/h6-9,12,14H,10-11H2,1-5H3. The van der Waals surface area contributed by atoms with Crippen molar-refractivity contribution < 1.29 is 14.6 Å². The fraction of sp³-hybridized carbons (Fsp3) is 0.562. The van der Waals surface area contributed by atoms with Gasteiger partial charge in [0.1, 0.15) is 6.61 Å². The van der Waals surface area contributed by atoms with E-state index in [9.17, 15) is 4.79 Å². The van der Waals surface area contributed by atoms with Crippen molar-refractivity contribution in [1.29, 1.82) is 0 Å². The smallest absolute Gasteiger partial charge is 0.225 e. The van der Waals surface area contributed by atoms with Gasteiger partial charge < -0.3 is 4.90 Å². The Morgan fingerprint density at radius 1 is 1.30 bits per heavy atom. The van der Waals surface area contributed by atoms with Crippen molar-refractivity contribution in [2.45, 2.75) is 40.3 Å². The first-order chi connectivity index (χ1) is 9.45. The van der Waals surface area contributed by atoms with Crippen LogP contribution in [-0.4, -0.2) is 30.6 Å². The summed E-state index contributed by atoms with van der Waals surface area (Å²) in [4.78, 5) is 23.8. The molecule has 1 aromatic carbocycles. The van der Waals surface area contributed by atoms with Gasteiger partial charge in [-0.3, -0.25) is 4.79 Å². The number of hydrogen-bond donors (Lipinski definition) is 0. The summed E-state index contributed by atoms with van der Waals surface area (Å²) in [6.45, 7) is 8.79. The lowest BCUT2D eigenvalue weighted by Crippen LogP contribution is -2.42. The van der Waals surface area contributed by atoms with E-state index in [1.54, 1.807) is 0 Å². The lowest BCUT2D eigenvalue weighted by Gasteiger charge is -2.30. The van der Waals surface area contributed by atoms with Crippen molar-refractivity contribution in [1.82, 2.24) is 4.90 Å². The predicted molar refractivity (Wildman–Crippen MR) is 79.0 cm³/mol. The van der Waals surface area contributed by atoms with Gasteiger partial charge in [-0.1, -0.05) is 43.7 Å². The van der Waals surface area contributed by atoms with Crippen LogP contribution in [0.3, 0.4) is 0 Å². The van der Waals surface area contributed by atoms with Gasteiger partial charge in [-0.2, -0.15) is 0 Å². The summed E-state index contributed by atoms with van der Waals surface area (Å²) in [7, 11) is 1.47. The maximum absolute atomic E-state index is 12.4. The van der Waals surface area contributed by atoms with Crippen molar-refractivity contribution in [2.24, 2.45) is 5.92 Å². The average Bonchev–Trinajstić information content (AvgIpc) is 2.41. The largest absolute Gasteiger partial charge is 0.333 e. The Bertz CT molecular complexity index is 431. The van der Waals surface area contributed by atoms with Gasteiger partial charge in [0.15, 0.2) is 0 Å². The van der Waals surface area contributed by atoms with Crippen LogP contribution < -0.4 is 0 Å². The van der Waals surface area contributed by atoms with Gasteiger partial charge in [0, 0.05) is 12.5 Å². The van der Waals surface area contributed by atoms with Gasteiger partial charge in [0.2, 0.25) is 5.91 Å². The molecule has 0 aliphatic heterocycles. The second-order valence-corrected chi connectivity index (χ2v) is 5.41. The van der Waals surface area contributed by atoms with Gasteiger partial charge >= 0.3 is 0 Å². The third-order valence-electron chi connectivity index (χ3n) is 3.17. The van der Waals surface area contributed by atoms with E-state index in [0.717, 1.165) is 5.56 Å². The Hall–Kier alpha value is -1.39. The molecule has 0 spiro atoms. The van der Waals surface area contributed by atoms with E-state index >= 15 is 0 Å². The van der Waals surface area contributed by atoms with E-state index in [1.807, 2.05) is 37.8 Å². The van der Waals surface area contributed by atoms with Crippen molar-refractivity contribution in [3.8, 4) is 0 Å². The summed E-state index contributed by atoms with van der Waals surface area (Å²) in [6, 6.07) is 8.17. The van der Waals surface area contributed by atoms with Crippen LogP contribution in [0.15, 0.2) is 24.3 Å². The minimum Gasteiger partial charge on any atom is -0.333 e. The van der Waals surface area contributed by atoms with Crippen LogP contribution in [0, 0.1) is 12.8 Å². The van der Waals surface area contributed by atoms with Gasteiger partial charge in [-0.05, 0) is 19.4 Å². The highest BCUT2D eigenvalue weighted by atomic mass is 17.2. The highest BCUT2D eigenvalue weighted by molar-refractivity contribution is 5.78. The third kappa shape index (κ3) is 4.94. The SMILES string of the molecule is COOCC(C)N(Cc1cccc(C)c1)C(=O)C(C)C. The van der Waals surface area contributed by atoms with Crippen molar-refractivity contribution in [3.63, 3.8) is 0 Å². The van der Waals surface area contributed by atoms with Crippen molar-refractivity contribution >= 4 is 5.91 Å². The van der Waals surface area contributed by atoms with E-state index in [0.29, 0.717) is 13.2 Å². The number of hydrogen-bond acceptors (Lipinski definition) is 3. The van der Waals surface area contributed by atoms with Gasteiger partial charge in [-0.25, -0.2) is 9.78 Å². The predicted octanol–water partition coefficient (Wildman–Crippen LogP) is 2.95. The Morgan fingerprint density at radius 3 is 2.55 bits per heavy atom. The lowest BCUT2D eigenvalue weighted by atomic mass is 10.1. The van der Waals surface area contributed by atoms with Crippen LogP contribution in [0.1, 0.15) is 31.9 Å². The maximum atomic E-state index is 12.4. The minimum atomic E-state index is -0.0372. The number of aryl methyl sites for hydroxylation is 1. The summed E-state index contributed by atoms with van der Waals surface area (Å²) < 4.78 is 0. The molecule has 0 aliphatic rings. The fourth-order valence-electron chi connectivity index (χ4n) is 2.05. The number of nitrogens with zero attached hydrogens (tertiary/aromatic N) is 1. The molecule has 1 unspecified atom stereocenters. The zero-order valence-corrected chi connectivity index (χ0v) is 13.1. The number of carbonyl (C=O) groups excluding carboxylic acids is 1. The first-order valence-corrected chi connectivity index (χ1v) is 6.97. The minimum absolute atomic E-state index is 0.0367. The molecule has 0 saturated carbocycles. The molecular weight excluding hydrogens is 254 g/mol. The molecule has 0 fully saturated rings. The van der Waals surface area contributed by atoms with Crippen molar-refractivity contribution in [3.05, 3.63) is 35.4 Å². The second kappa shape index (κ2) is 8.02. The Morgan fingerprint density at radius 2 is 2.00 bits per heavy atom. The highest BCUT2D eigenvalue weighted by Gasteiger charge is 2.23. The van der Waals surface area contributed by atoms with Crippen LogP contribution in [0.25, 0.3) is 0 Å². The molecule has 0 bridgehead atoms. The number of rotatable bonds is 7. The van der Waals surface area contributed by atoms with Crippen LogP contribution >= 0.6 is 0 Å². The number of carbonyl (C=O) groups is 1. The third-order valence-corrected chi connectivity index (χ3v) is 3.17. The van der Waals surface area contributed by atoms with E-state index in [2.05, 4.69) is 23.9 Å². The molecule has 0 heterocycles. The molecule has 0 N–H and O–H groups in total. The average molecular weight is 279 g/mol. The summed E-state index contributed by atoms with van der Waals surface area (Å²) in [5, 5.41) is 0. The highest BCUT2D eigenvalue weighted by Crippen LogP contribution is 2.14. The molecular formula is C16H25NO3. The van der Waals surface area contributed by atoms with Crippen LogP contribution in [-0.2, 0) is 21.1 Å². The van der Waals surface area contributed by atoms with Crippen LogP contribution in [0.4, 0.5) is 0 Å². The molecule has 112 valence electrons. The molecule has 1 aromatic rings. The zero-order chi connectivity index (χ0) is 15.1. The summed E-state index contributed by atoms with van der Waals surface area (Å²) in [5.74, 6) is 0.0866. The van der Waals surface area contributed by atoms with E-state index < -0.39 is 0 Å². The van der Waals surface area contributed by atoms with Crippen LogP contribution in [0.2, 0.25) is 0 Å². The first-order valence-electron chi connectivity index (χ1n) is 6.97. The van der Waals surface area contributed by atoms with Gasteiger partial charge in [0.05, 0.1) is 13.2 Å². The second-order valence-electron chi connectivity index (χ2n) is 5.41. The molecule has 0 saturated heterocycles. The Labute approximate surface area is 121 Å². The lowest BCUT2D eigenvalue weighted by molar-refractivity contribution is -0.279. The Kier molecular flexibility index (Phi) is 6.68. The van der Waals surface area contributed by atoms with Gasteiger partial charge in [-0.15, -0.1) is 0 Å². The zero-order valence-electron chi connectivity index (χ0n) is 13.1. The summed E-state index contributed by atoms with van der Waals surface area (Å²) in [6.07, 6.45) is 0. The monoisotopic (exact) mass is 279 g/mol. The molecule has 1 amide bonds. The Balaban J connectivity index is 2.84. The number of benzene rings is 1. The molecule has 0 aromatic heterocycles. The molecule has 1 atom stereocenters. The first kappa shape index (κ1) is 16.7. The molecule has 4 heteroatoms. The summed E-state index contributed by atoms with van der Waals surface area (Å²) >= 11 is 0. The molecule has 1 rings (SSSR count). The molecule has 0 radical (unpaired) electrons. The topological polar surface area (TPSA) is 38.8 Å². The van der Waals surface area contributed by atoms with E-state index in [1.165, 1.54) is 12.7 Å². The number of amides is 1. The molecule has 4 nitrogen and oxygen atoms in total. The normalized spacial score (nSPS) is 12.5. The van der Waals surface area contributed by atoms with E-state index in [4.69, 9.17) is 4.89 Å². The molecule has 20 heavy (non-hydrogen) atoms. The maximum Gasteiger partial charge on any atom is 0.225 e. The quantitative estimate of drug-likeness (QED) is 0.569.